The van der Waals surface area contributed by atoms with Crippen molar-refractivity contribution < 1.29 is 18.8 Å². The van der Waals surface area contributed by atoms with Crippen LogP contribution in [0.15, 0.2) is 139 Å². The van der Waals surface area contributed by atoms with Gasteiger partial charge in [-0.05, 0) is 123 Å². The summed E-state index contributed by atoms with van der Waals surface area (Å²) in [4.78, 5) is 10.00. The fraction of sp³-hybridized carbons (Fsp3) is 0.263. The first-order chi connectivity index (χ1) is 33.1. The summed E-state index contributed by atoms with van der Waals surface area (Å²) in [5.74, 6) is 0.838. The van der Waals surface area contributed by atoms with Gasteiger partial charge in [-0.2, -0.15) is 0 Å². The molecule has 8 rings (SSSR count). The second-order valence-electron chi connectivity index (χ2n) is 18.6. The molecule has 0 aliphatic carbocycles. The molecule has 0 amide bonds. The molecule has 0 aliphatic heterocycles. The minimum absolute atomic E-state index is 0.00626. The molecule has 0 bridgehead atoms. The van der Waals surface area contributed by atoms with E-state index in [0.717, 1.165) is 50.1 Å². The summed E-state index contributed by atoms with van der Waals surface area (Å²) in [5, 5.41) is 12.3. The molecule has 4 heteroatoms. The van der Waals surface area contributed by atoms with E-state index in [1.54, 1.807) is 0 Å². The number of para-hydroxylation sites is 1. The van der Waals surface area contributed by atoms with Crippen molar-refractivity contribution >= 4 is 11.0 Å². The van der Waals surface area contributed by atoms with Gasteiger partial charge in [0.05, 0.1) is 37.6 Å². The summed E-state index contributed by atoms with van der Waals surface area (Å²) in [6, 6.07) is 28.5. The van der Waals surface area contributed by atoms with Gasteiger partial charge in [-0.15, -0.1) is 0 Å². The van der Waals surface area contributed by atoms with E-state index in [1.807, 2.05) is 75.4 Å². The van der Waals surface area contributed by atoms with Crippen molar-refractivity contribution in [3.63, 3.8) is 0 Å². The third-order valence-corrected chi connectivity index (χ3v) is 11.4. The highest BCUT2D eigenvalue weighted by Crippen LogP contribution is 2.45. The molecule has 6 aromatic carbocycles. The highest BCUT2D eigenvalue weighted by Gasteiger charge is 2.27. The van der Waals surface area contributed by atoms with Gasteiger partial charge < -0.3 is 5.11 Å². The van der Waals surface area contributed by atoms with Gasteiger partial charge in [0, 0.05) is 27.0 Å². The quantitative estimate of drug-likeness (QED) is 0.166. The number of fused-ring (bicyclic) bond motifs is 1. The van der Waals surface area contributed by atoms with Gasteiger partial charge in [-0.3, -0.25) is 9.55 Å². The van der Waals surface area contributed by atoms with Crippen LogP contribution in [-0.4, -0.2) is 19.6 Å². The normalized spacial score (nSPS) is 14.8. The van der Waals surface area contributed by atoms with Gasteiger partial charge in [0.25, 0.3) is 0 Å². The first-order valence-corrected chi connectivity index (χ1v) is 21.0. The molecule has 0 radical (unpaired) electrons. The number of rotatable bonds is 8. The molecule has 0 spiro atoms. The number of imidazole rings is 1. The molecule has 0 aliphatic rings. The van der Waals surface area contributed by atoms with Gasteiger partial charge >= 0.3 is 0 Å². The molecule has 0 atom stereocenters. The lowest BCUT2D eigenvalue weighted by Crippen LogP contribution is -2.12. The second-order valence-corrected chi connectivity index (χ2v) is 18.6. The van der Waals surface area contributed by atoms with Crippen LogP contribution in [0, 0.1) is 6.85 Å². The summed E-state index contributed by atoms with van der Waals surface area (Å²) >= 11 is 0. The molecule has 0 saturated heterocycles. The lowest BCUT2D eigenvalue weighted by molar-refractivity contribution is 0.466. The summed E-state index contributed by atoms with van der Waals surface area (Å²) in [6.07, 6.45) is -0.563. The van der Waals surface area contributed by atoms with E-state index in [0.29, 0.717) is 28.0 Å². The van der Waals surface area contributed by atoms with Crippen LogP contribution in [-0.2, 0) is 10.8 Å². The maximum atomic E-state index is 12.3. The Bertz CT molecular complexity index is 3390. The van der Waals surface area contributed by atoms with Crippen LogP contribution < -0.4 is 0 Å². The number of benzene rings is 6. The molecule has 8 aromatic rings. The third-order valence-electron chi connectivity index (χ3n) is 11.4. The molecule has 2 heterocycles. The zero-order valence-electron chi connectivity index (χ0n) is 46.7. The van der Waals surface area contributed by atoms with Crippen LogP contribution in [0.5, 0.6) is 5.75 Å². The van der Waals surface area contributed by atoms with Crippen molar-refractivity contribution in [3.05, 3.63) is 167 Å². The molecule has 1 N–H and O–H groups in total. The molecule has 2 aromatic heterocycles. The minimum Gasteiger partial charge on any atom is -0.507 e. The number of aromatic hydroxyl groups is 1. The number of aromatic nitrogens is 3. The maximum absolute atomic E-state index is 12.3. The number of phenolic OH excluding ortho intramolecular Hbond substituents is 1. The first kappa shape index (κ1) is 30.7. The molecule has 0 saturated carbocycles. The molecule has 308 valence electrons. The number of nitrogens with zero attached hydrogens (tertiary/aromatic N) is 3. The maximum Gasteiger partial charge on any atom is 0.149 e. The molecule has 4 nitrogen and oxygen atoms in total. The largest absolute Gasteiger partial charge is 0.507 e. The number of hydrogen-bond acceptors (Lipinski definition) is 3. The van der Waals surface area contributed by atoms with E-state index in [4.69, 9.17) is 17.3 Å². The van der Waals surface area contributed by atoms with Crippen LogP contribution >= 0.6 is 0 Å². The zero-order valence-corrected chi connectivity index (χ0v) is 36.7. The van der Waals surface area contributed by atoms with Crippen LogP contribution in [0.3, 0.4) is 0 Å². The molecule has 61 heavy (non-hydrogen) atoms. The molecule has 0 fully saturated rings. The SMILES string of the molecule is [2H]c1nc(-c2cc(-c3cccc4c3nc(-c3cc(C(C)C)cc(C(C)C)c3O)n4-c3ccc(C(C)(C)C)cc3-c3ccccc3)cc(C(C)(C)C)c2)c([2H])c(-c2c([2H])c([2H])c(C([2H])([2H])[2H])c([2H])c2[2H])c1[2H]. The summed E-state index contributed by atoms with van der Waals surface area (Å²) < 4.78 is 88.3. The van der Waals surface area contributed by atoms with Crippen LogP contribution in [0.2, 0.25) is 0 Å². The van der Waals surface area contributed by atoms with Gasteiger partial charge in [0.15, 0.2) is 0 Å². The third kappa shape index (κ3) is 8.16. The van der Waals surface area contributed by atoms with Crippen molar-refractivity contribution in [3.8, 4) is 67.5 Å². The van der Waals surface area contributed by atoms with Crippen LogP contribution in [0.25, 0.3) is 72.7 Å². The highest BCUT2D eigenvalue weighted by molar-refractivity contribution is 5.98. The smallest absolute Gasteiger partial charge is 0.149 e. The number of pyridine rings is 1. The molecular weight excluding hydrogens is 743 g/mol. The number of hydrogen-bond donors (Lipinski definition) is 1. The molecular formula is C57H59N3O. The van der Waals surface area contributed by atoms with Crippen molar-refractivity contribution in [1.82, 2.24) is 14.5 Å². The van der Waals surface area contributed by atoms with E-state index in [1.165, 1.54) is 0 Å². The Morgan fingerprint density at radius 3 is 2.02 bits per heavy atom. The van der Waals surface area contributed by atoms with Gasteiger partial charge in [-0.25, -0.2) is 4.98 Å². The standard InChI is InChI=1S/C57H59N3O/c1-35(2)41-31-47(36(3)4)54(61)49(32-41)55-59-53-46(18-15-19-52(53)60(55)51-25-24-44(56(6,7)8)34-48(51)39-16-13-12-14-17-39)42-28-43(30-45(29-42)57(9,10)11)50-33-40(26-27-58-50)38-22-20-37(5)21-23-38/h12-36,61H,1-11H3/i5D3,20D,21D,22D,23D,26D,27D,33D. The highest BCUT2D eigenvalue weighted by atomic mass is 16.3. The Labute approximate surface area is 377 Å². The Morgan fingerprint density at radius 2 is 1.34 bits per heavy atom. The Balaban J connectivity index is 1.47. The average molecular weight is 812 g/mol. The fourth-order valence-corrected chi connectivity index (χ4v) is 7.80. The fourth-order valence-electron chi connectivity index (χ4n) is 7.80. The second kappa shape index (κ2) is 16.0. The minimum atomic E-state index is -2.96. The lowest BCUT2D eigenvalue weighted by atomic mass is 9.83. The van der Waals surface area contributed by atoms with Gasteiger partial charge in [0.1, 0.15) is 11.6 Å². The van der Waals surface area contributed by atoms with Crippen molar-refractivity contribution in [2.75, 3.05) is 0 Å². The Kier molecular flexibility index (Phi) is 8.04. The summed E-state index contributed by atoms with van der Waals surface area (Å²) in [6.45, 7) is 18.2. The van der Waals surface area contributed by atoms with Crippen LogP contribution in [0.4, 0.5) is 0 Å². The van der Waals surface area contributed by atoms with Crippen molar-refractivity contribution in [1.29, 1.82) is 0 Å². The van der Waals surface area contributed by atoms with E-state index in [2.05, 4.69) is 100 Å². The van der Waals surface area contributed by atoms with E-state index < -0.39 is 65.8 Å². The van der Waals surface area contributed by atoms with E-state index >= 15 is 0 Å². The van der Waals surface area contributed by atoms with E-state index in [9.17, 15) is 6.48 Å². The predicted octanol–water partition coefficient (Wildman–Crippen LogP) is 15.6. The van der Waals surface area contributed by atoms with Crippen molar-refractivity contribution in [2.45, 2.75) is 98.8 Å². The lowest BCUT2D eigenvalue weighted by Gasteiger charge is -2.23. The Morgan fingerprint density at radius 1 is 0.623 bits per heavy atom. The van der Waals surface area contributed by atoms with Crippen LogP contribution in [0.1, 0.15) is 123 Å². The summed E-state index contributed by atoms with van der Waals surface area (Å²) in [5.41, 5.74) is 8.23. The number of phenols is 1. The van der Waals surface area contributed by atoms with E-state index in [-0.39, 0.29) is 34.3 Å². The average Bonchev–Trinajstić information content (AvgIpc) is 3.69. The van der Waals surface area contributed by atoms with Gasteiger partial charge in [-0.1, -0.05) is 160 Å². The monoisotopic (exact) mass is 812 g/mol. The first-order valence-electron chi connectivity index (χ1n) is 26.0. The predicted molar refractivity (Wildman–Crippen MR) is 258 cm³/mol. The topological polar surface area (TPSA) is 50.9 Å². The Hall–Kier alpha value is -6.26. The zero-order chi connectivity index (χ0) is 52.0. The van der Waals surface area contributed by atoms with Crippen molar-refractivity contribution in [2.24, 2.45) is 0 Å². The molecule has 0 unspecified atom stereocenters. The van der Waals surface area contributed by atoms with Gasteiger partial charge in [0.2, 0.25) is 0 Å². The summed E-state index contributed by atoms with van der Waals surface area (Å²) in [7, 11) is 0.